The molecule has 0 bridgehead atoms. The molecule has 6 heteroatoms. The molecule has 2 N–H and O–H groups in total. The second-order valence-corrected chi connectivity index (χ2v) is 7.41. The van der Waals surface area contributed by atoms with Gasteiger partial charge in [-0.1, -0.05) is 41.9 Å². The highest BCUT2D eigenvalue weighted by molar-refractivity contribution is 6.30. The number of carbonyl (C=O) groups is 2. The van der Waals surface area contributed by atoms with Crippen LogP contribution in [-0.4, -0.2) is 11.8 Å². The molecule has 0 fully saturated rings. The SMILES string of the molecule is Cc1cccc(C)c1NC(=O)/C(C#N)=C/c1cccc(NC(=O)c2ccc(Cl)cc2)c1. The van der Waals surface area contributed by atoms with E-state index in [-0.39, 0.29) is 11.5 Å². The van der Waals surface area contributed by atoms with Crippen molar-refractivity contribution in [3.05, 3.63) is 99.6 Å². The molecular weight excluding hydrogens is 410 g/mol. The van der Waals surface area contributed by atoms with Crippen LogP contribution in [-0.2, 0) is 4.79 Å². The first-order chi connectivity index (χ1) is 14.9. The van der Waals surface area contributed by atoms with E-state index in [2.05, 4.69) is 10.6 Å². The van der Waals surface area contributed by atoms with Gasteiger partial charge < -0.3 is 10.6 Å². The summed E-state index contributed by atoms with van der Waals surface area (Å²) in [6, 6.07) is 21.1. The number of anilines is 2. The van der Waals surface area contributed by atoms with E-state index in [1.807, 2.05) is 38.1 Å². The predicted molar refractivity (Wildman–Crippen MR) is 124 cm³/mol. The van der Waals surface area contributed by atoms with Crippen molar-refractivity contribution in [3.63, 3.8) is 0 Å². The topological polar surface area (TPSA) is 82.0 Å². The number of aryl methyl sites for hydroxylation is 2. The summed E-state index contributed by atoms with van der Waals surface area (Å²) in [6.07, 6.45) is 1.49. The van der Waals surface area contributed by atoms with E-state index in [0.717, 1.165) is 11.1 Å². The van der Waals surface area contributed by atoms with E-state index in [0.29, 0.717) is 27.5 Å². The van der Waals surface area contributed by atoms with Crippen LogP contribution in [0.5, 0.6) is 0 Å². The fourth-order valence-electron chi connectivity index (χ4n) is 3.02. The minimum Gasteiger partial charge on any atom is -0.322 e. The number of hydrogen-bond acceptors (Lipinski definition) is 3. The van der Waals surface area contributed by atoms with Crippen molar-refractivity contribution < 1.29 is 9.59 Å². The van der Waals surface area contributed by atoms with Crippen molar-refractivity contribution in [2.24, 2.45) is 0 Å². The number of rotatable bonds is 5. The third kappa shape index (κ3) is 5.59. The minimum atomic E-state index is -0.490. The van der Waals surface area contributed by atoms with Crippen LogP contribution >= 0.6 is 11.6 Å². The van der Waals surface area contributed by atoms with Crippen molar-refractivity contribution >= 4 is 40.9 Å². The first kappa shape index (κ1) is 21.8. The summed E-state index contributed by atoms with van der Waals surface area (Å²) in [5, 5.41) is 15.7. The van der Waals surface area contributed by atoms with Crippen LogP contribution in [0.15, 0.2) is 72.3 Å². The molecule has 0 aliphatic heterocycles. The second-order valence-electron chi connectivity index (χ2n) is 6.98. The molecule has 0 aromatic heterocycles. The number of benzene rings is 3. The lowest BCUT2D eigenvalue weighted by molar-refractivity contribution is -0.112. The molecule has 0 unspecified atom stereocenters. The van der Waals surface area contributed by atoms with Gasteiger partial charge in [-0.3, -0.25) is 9.59 Å². The number of nitrogens with one attached hydrogen (secondary N) is 2. The molecule has 3 rings (SSSR count). The first-order valence-corrected chi connectivity index (χ1v) is 9.91. The van der Waals surface area contributed by atoms with E-state index >= 15 is 0 Å². The number of nitriles is 1. The maximum absolute atomic E-state index is 12.6. The Balaban J connectivity index is 1.78. The van der Waals surface area contributed by atoms with Crippen LogP contribution in [0.4, 0.5) is 11.4 Å². The molecule has 0 spiro atoms. The quantitative estimate of drug-likeness (QED) is 0.400. The fraction of sp³-hybridized carbons (Fsp3) is 0.0800. The summed E-state index contributed by atoms with van der Waals surface area (Å²) < 4.78 is 0. The van der Waals surface area contributed by atoms with E-state index < -0.39 is 5.91 Å². The summed E-state index contributed by atoms with van der Waals surface area (Å²) in [7, 11) is 0. The summed E-state index contributed by atoms with van der Waals surface area (Å²) in [5.41, 5.74) is 4.11. The Morgan fingerprint density at radius 1 is 0.935 bits per heavy atom. The first-order valence-electron chi connectivity index (χ1n) is 9.53. The molecule has 0 saturated carbocycles. The van der Waals surface area contributed by atoms with Crippen LogP contribution in [0.25, 0.3) is 6.08 Å². The van der Waals surface area contributed by atoms with Gasteiger partial charge in [0.2, 0.25) is 0 Å². The average molecular weight is 430 g/mol. The molecule has 0 atom stereocenters. The molecule has 0 radical (unpaired) electrons. The lowest BCUT2D eigenvalue weighted by Gasteiger charge is -2.11. The van der Waals surface area contributed by atoms with Crippen molar-refractivity contribution in [2.75, 3.05) is 10.6 Å². The Bertz CT molecular complexity index is 1190. The molecule has 5 nitrogen and oxygen atoms in total. The Hall–Kier alpha value is -3.88. The molecule has 0 heterocycles. The number of hydrogen-bond donors (Lipinski definition) is 2. The highest BCUT2D eigenvalue weighted by atomic mass is 35.5. The number of carbonyl (C=O) groups excluding carboxylic acids is 2. The monoisotopic (exact) mass is 429 g/mol. The molecule has 3 aromatic carbocycles. The maximum Gasteiger partial charge on any atom is 0.266 e. The standard InChI is InChI=1S/C25H20ClN3O2/c1-16-5-3-6-17(2)23(16)29-25(31)20(15-27)13-18-7-4-8-22(14-18)28-24(30)19-9-11-21(26)12-10-19/h3-14H,1-2H3,(H,28,30)(H,29,31)/b20-13+. The van der Waals surface area contributed by atoms with Crippen molar-refractivity contribution in [3.8, 4) is 6.07 Å². The number of halogens is 1. The van der Waals surface area contributed by atoms with E-state index in [4.69, 9.17) is 11.6 Å². The zero-order valence-corrected chi connectivity index (χ0v) is 17.8. The Morgan fingerprint density at radius 3 is 2.23 bits per heavy atom. The highest BCUT2D eigenvalue weighted by Gasteiger charge is 2.13. The van der Waals surface area contributed by atoms with Gasteiger partial charge in [-0.25, -0.2) is 0 Å². The smallest absolute Gasteiger partial charge is 0.266 e. The van der Waals surface area contributed by atoms with Gasteiger partial charge in [0.15, 0.2) is 0 Å². The van der Waals surface area contributed by atoms with Crippen LogP contribution in [0.1, 0.15) is 27.0 Å². The normalized spacial score (nSPS) is 10.8. The van der Waals surface area contributed by atoms with E-state index in [9.17, 15) is 14.9 Å². The number of nitrogens with zero attached hydrogens (tertiary/aromatic N) is 1. The molecule has 0 aliphatic carbocycles. The second kappa shape index (κ2) is 9.75. The molecular formula is C25H20ClN3O2. The number of amides is 2. The third-order valence-electron chi connectivity index (χ3n) is 4.65. The highest BCUT2D eigenvalue weighted by Crippen LogP contribution is 2.21. The Labute approximate surface area is 186 Å². The largest absolute Gasteiger partial charge is 0.322 e. The van der Waals surface area contributed by atoms with Gasteiger partial charge in [-0.2, -0.15) is 5.26 Å². The molecule has 31 heavy (non-hydrogen) atoms. The molecule has 0 aliphatic rings. The molecule has 0 saturated heterocycles. The van der Waals surface area contributed by atoms with Gasteiger partial charge in [0, 0.05) is 22.0 Å². The Morgan fingerprint density at radius 2 is 1.58 bits per heavy atom. The maximum atomic E-state index is 12.6. The van der Waals surface area contributed by atoms with Gasteiger partial charge in [0.05, 0.1) is 0 Å². The van der Waals surface area contributed by atoms with Crippen molar-refractivity contribution in [1.29, 1.82) is 5.26 Å². The zero-order valence-electron chi connectivity index (χ0n) is 17.1. The minimum absolute atomic E-state index is 0.0381. The summed E-state index contributed by atoms with van der Waals surface area (Å²) >= 11 is 5.86. The van der Waals surface area contributed by atoms with Gasteiger partial charge in [-0.05, 0) is 73.0 Å². The van der Waals surface area contributed by atoms with Crippen molar-refractivity contribution in [1.82, 2.24) is 0 Å². The summed E-state index contributed by atoms with van der Waals surface area (Å²) in [6.45, 7) is 3.79. The molecule has 2 amide bonds. The van der Waals surface area contributed by atoms with Crippen molar-refractivity contribution in [2.45, 2.75) is 13.8 Å². The molecule has 154 valence electrons. The van der Waals surface area contributed by atoms with Gasteiger partial charge in [0.1, 0.15) is 11.6 Å². The third-order valence-corrected chi connectivity index (χ3v) is 4.90. The summed E-state index contributed by atoms with van der Waals surface area (Å²) in [5.74, 6) is -0.776. The van der Waals surface area contributed by atoms with Gasteiger partial charge >= 0.3 is 0 Å². The van der Waals surface area contributed by atoms with E-state index in [1.54, 1.807) is 48.5 Å². The average Bonchev–Trinajstić information content (AvgIpc) is 2.75. The fourth-order valence-corrected chi connectivity index (χ4v) is 3.14. The summed E-state index contributed by atoms with van der Waals surface area (Å²) in [4.78, 5) is 25.0. The lowest BCUT2D eigenvalue weighted by Crippen LogP contribution is -2.15. The lowest BCUT2D eigenvalue weighted by atomic mass is 10.1. The van der Waals surface area contributed by atoms with Gasteiger partial charge in [-0.15, -0.1) is 0 Å². The Kier molecular flexibility index (Phi) is 6.86. The predicted octanol–water partition coefficient (Wildman–Crippen LogP) is 5.75. The van der Waals surface area contributed by atoms with Gasteiger partial charge in [0.25, 0.3) is 11.8 Å². The van der Waals surface area contributed by atoms with Crippen LogP contribution in [0.2, 0.25) is 5.02 Å². The zero-order chi connectivity index (χ0) is 22.4. The molecule has 3 aromatic rings. The van der Waals surface area contributed by atoms with Crippen LogP contribution in [0.3, 0.4) is 0 Å². The number of para-hydroxylation sites is 1. The van der Waals surface area contributed by atoms with Crippen LogP contribution in [0, 0.1) is 25.2 Å². The van der Waals surface area contributed by atoms with E-state index in [1.165, 1.54) is 6.08 Å². The van der Waals surface area contributed by atoms with Crippen LogP contribution < -0.4 is 10.6 Å².